The van der Waals surface area contributed by atoms with E-state index in [0.29, 0.717) is 25.0 Å². The molecule has 4 N–H and O–H groups in total. The van der Waals surface area contributed by atoms with E-state index >= 15 is 0 Å². The highest BCUT2D eigenvalue weighted by atomic mass is 31.2. The van der Waals surface area contributed by atoms with Gasteiger partial charge in [0.25, 0.3) is 5.91 Å². The number of aromatic nitrogens is 2. The summed E-state index contributed by atoms with van der Waals surface area (Å²) < 4.78 is 37.2. The molecule has 2 unspecified atom stereocenters. The molecule has 0 radical (unpaired) electrons. The number of ether oxygens (including phenoxy) is 2. The van der Waals surface area contributed by atoms with Gasteiger partial charge in [-0.2, -0.15) is 5.09 Å². The molecule has 192 valence electrons. The van der Waals surface area contributed by atoms with Gasteiger partial charge in [-0.3, -0.25) is 18.7 Å². The summed E-state index contributed by atoms with van der Waals surface area (Å²) in [6.07, 6.45) is 1.48. The van der Waals surface area contributed by atoms with Crippen LogP contribution in [-0.2, 0) is 23.4 Å². The Morgan fingerprint density at radius 2 is 2.03 bits per heavy atom. The number of nitrogens with zero attached hydrogens (tertiary/aromatic N) is 2. The van der Waals surface area contributed by atoms with E-state index in [9.17, 15) is 19.3 Å². The summed E-state index contributed by atoms with van der Waals surface area (Å²) in [5.41, 5.74) is 4.94. The molecular weight excluding hydrogens is 479 g/mol. The van der Waals surface area contributed by atoms with E-state index in [2.05, 4.69) is 10.1 Å². The third-order valence-corrected chi connectivity index (χ3v) is 6.87. The second kappa shape index (κ2) is 11.7. The Hall–Kier alpha value is -2.92. The fourth-order valence-electron chi connectivity index (χ4n) is 3.65. The van der Waals surface area contributed by atoms with Gasteiger partial charge in [-0.1, -0.05) is 32.0 Å². The monoisotopic (exact) mass is 510 g/mol. The minimum Gasteiger partial charge on any atom is -0.493 e. The summed E-state index contributed by atoms with van der Waals surface area (Å²) in [6.45, 7) is 3.72. The average Bonchev–Trinajstić information content (AvgIpc) is 3.43. The maximum absolute atomic E-state index is 13.7. The van der Waals surface area contributed by atoms with Gasteiger partial charge in [-0.15, -0.1) is 0 Å². The molecule has 2 heterocycles. The van der Waals surface area contributed by atoms with Crippen molar-refractivity contribution in [1.82, 2.24) is 14.6 Å². The number of hydrogen-bond acceptors (Lipinski definition) is 9. The quantitative estimate of drug-likeness (QED) is 0.286. The third-order valence-electron chi connectivity index (χ3n) is 5.30. The molecule has 2 aromatic rings. The smallest absolute Gasteiger partial charge is 0.459 e. The van der Waals surface area contributed by atoms with Crippen molar-refractivity contribution in [3.8, 4) is 11.6 Å². The molecule has 1 amide bonds. The van der Waals surface area contributed by atoms with Gasteiger partial charge in [-0.25, -0.2) is 9.55 Å². The second-order valence-electron chi connectivity index (χ2n) is 8.51. The fourth-order valence-corrected chi connectivity index (χ4v) is 5.18. The molecule has 1 aliphatic heterocycles. The maximum Gasteiger partial charge on any atom is 0.459 e. The van der Waals surface area contributed by atoms with Crippen LogP contribution in [0.2, 0.25) is 0 Å². The molecule has 4 atom stereocenters. The number of hydrogen-bond donors (Lipinski definition) is 3. The van der Waals surface area contributed by atoms with Crippen LogP contribution >= 0.6 is 7.75 Å². The molecular formula is C22H31N4O8P. The lowest BCUT2D eigenvalue weighted by atomic mass is 10.1. The Morgan fingerprint density at radius 3 is 2.63 bits per heavy atom. The molecule has 0 bridgehead atoms. The number of esters is 1. The van der Waals surface area contributed by atoms with Gasteiger partial charge in [-0.05, 0) is 37.3 Å². The summed E-state index contributed by atoms with van der Waals surface area (Å²) in [7, 11) is -2.79. The molecule has 1 aromatic heterocycles. The normalized spacial score (nSPS) is 20.3. The van der Waals surface area contributed by atoms with Crippen LogP contribution in [-0.4, -0.2) is 52.4 Å². The van der Waals surface area contributed by atoms with Crippen molar-refractivity contribution < 1.29 is 37.8 Å². The van der Waals surface area contributed by atoms with Crippen LogP contribution in [0.5, 0.6) is 11.6 Å². The highest BCUT2D eigenvalue weighted by molar-refractivity contribution is 7.52. The number of amides is 1. The lowest BCUT2D eigenvalue weighted by Crippen LogP contribution is -2.38. The number of rotatable bonds is 12. The van der Waals surface area contributed by atoms with Gasteiger partial charge in [0.2, 0.25) is 5.88 Å². The van der Waals surface area contributed by atoms with Gasteiger partial charge in [0.05, 0.1) is 19.8 Å². The van der Waals surface area contributed by atoms with Gasteiger partial charge < -0.3 is 24.8 Å². The summed E-state index contributed by atoms with van der Waals surface area (Å²) in [6, 6.07) is 7.54. The summed E-state index contributed by atoms with van der Waals surface area (Å²) in [5, 5.41) is 12.9. The van der Waals surface area contributed by atoms with Crippen LogP contribution in [0.3, 0.4) is 0 Å². The van der Waals surface area contributed by atoms with Crippen molar-refractivity contribution in [2.24, 2.45) is 11.7 Å². The molecule has 1 fully saturated rings. The van der Waals surface area contributed by atoms with E-state index in [-0.39, 0.29) is 18.2 Å². The van der Waals surface area contributed by atoms with Crippen molar-refractivity contribution in [1.29, 1.82) is 0 Å². The van der Waals surface area contributed by atoms with E-state index in [1.807, 2.05) is 13.8 Å². The molecule has 13 heteroatoms. The topological polar surface area (TPSA) is 164 Å². The number of nitrogens with one attached hydrogen (secondary N) is 1. The zero-order valence-corrected chi connectivity index (χ0v) is 20.7. The van der Waals surface area contributed by atoms with Crippen molar-refractivity contribution >= 4 is 19.6 Å². The Kier molecular flexibility index (Phi) is 8.90. The van der Waals surface area contributed by atoms with Crippen LogP contribution in [0.25, 0.3) is 0 Å². The molecule has 0 spiro atoms. The third kappa shape index (κ3) is 7.04. The predicted molar refractivity (Wildman–Crippen MR) is 125 cm³/mol. The minimum absolute atomic E-state index is 0.101. The van der Waals surface area contributed by atoms with Gasteiger partial charge in [0, 0.05) is 0 Å². The Bertz CT molecular complexity index is 1060. The lowest BCUT2D eigenvalue weighted by Gasteiger charge is -2.26. The van der Waals surface area contributed by atoms with Crippen LogP contribution in [0, 0.1) is 5.92 Å². The molecule has 12 nitrogen and oxygen atoms in total. The molecule has 3 rings (SSSR count). The van der Waals surface area contributed by atoms with E-state index in [1.165, 1.54) is 18.0 Å². The number of carbonyl (C=O) groups excluding carboxylic acids is 2. The lowest BCUT2D eigenvalue weighted by molar-refractivity contribution is -0.143. The first-order chi connectivity index (χ1) is 16.6. The standard InChI is InChI=1S/C22H31N4O8P/c1-14(2)11-17(22(29)31-3)25-35(30,34-15-7-5-4-6-8-15)32-12-16-9-10-18(33-16)26-13-24-19(20(23)27)21(26)28/h4-8,13-14,16-18,28H,9-12H2,1-3H3,(H2,23,27)(H,25,30)/t16-,17?,18+,35?/m0/s1. The first kappa shape index (κ1) is 26.7. The van der Waals surface area contributed by atoms with E-state index < -0.39 is 43.9 Å². The first-order valence-corrected chi connectivity index (χ1v) is 12.7. The highest BCUT2D eigenvalue weighted by Crippen LogP contribution is 2.46. The number of methoxy groups -OCH3 is 1. The Labute approximate surface area is 203 Å². The Balaban J connectivity index is 1.71. The summed E-state index contributed by atoms with van der Waals surface area (Å²) in [5.74, 6) is -1.44. The minimum atomic E-state index is -4.04. The number of nitrogens with two attached hydrogens (primary N) is 1. The highest BCUT2D eigenvalue weighted by Gasteiger charge is 2.37. The number of imidazole rings is 1. The number of aromatic hydroxyl groups is 1. The number of benzene rings is 1. The van der Waals surface area contributed by atoms with Gasteiger partial charge in [0.15, 0.2) is 5.69 Å². The Morgan fingerprint density at radius 1 is 1.31 bits per heavy atom. The van der Waals surface area contributed by atoms with Gasteiger partial charge >= 0.3 is 13.7 Å². The van der Waals surface area contributed by atoms with E-state index in [4.69, 9.17) is 24.3 Å². The first-order valence-electron chi connectivity index (χ1n) is 11.2. The number of carbonyl (C=O) groups is 2. The SMILES string of the molecule is COC(=O)C(CC(C)C)NP(=O)(OC[C@@H]1CC[C@H](n2cnc(C(N)=O)c2O)O1)Oc1ccccc1. The zero-order valence-electron chi connectivity index (χ0n) is 19.8. The molecule has 1 saturated heterocycles. The maximum atomic E-state index is 13.7. The average molecular weight is 510 g/mol. The van der Waals surface area contributed by atoms with Crippen LogP contribution in [0.4, 0.5) is 0 Å². The summed E-state index contributed by atoms with van der Waals surface area (Å²) >= 11 is 0. The molecule has 1 aromatic carbocycles. The van der Waals surface area contributed by atoms with Crippen LogP contribution in [0.15, 0.2) is 36.7 Å². The van der Waals surface area contributed by atoms with Crippen molar-refractivity contribution in [3.05, 3.63) is 42.4 Å². The van der Waals surface area contributed by atoms with Crippen molar-refractivity contribution in [2.75, 3.05) is 13.7 Å². The van der Waals surface area contributed by atoms with E-state index in [1.54, 1.807) is 30.3 Å². The fraction of sp³-hybridized carbons (Fsp3) is 0.500. The number of primary amides is 1. The molecule has 35 heavy (non-hydrogen) atoms. The van der Waals surface area contributed by atoms with E-state index in [0.717, 1.165) is 0 Å². The van der Waals surface area contributed by atoms with Crippen molar-refractivity contribution in [2.45, 2.75) is 51.5 Å². The molecule has 0 saturated carbocycles. The second-order valence-corrected chi connectivity index (χ2v) is 10.2. The van der Waals surface area contributed by atoms with Crippen molar-refractivity contribution in [3.63, 3.8) is 0 Å². The largest absolute Gasteiger partial charge is 0.493 e. The molecule has 1 aliphatic rings. The van der Waals surface area contributed by atoms with Crippen LogP contribution in [0.1, 0.15) is 49.8 Å². The van der Waals surface area contributed by atoms with Gasteiger partial charge in [0.1, 0.15) is 24.3 Å². The summed E-state index contributed by atoms with van der Waals surface area (Å²) in [4.78, 5) is 27.5. The zero-order chi connectivity index (χ0) is 25.6. The number of para-hydroxylation sites is 1. The molecule has 0 aliphatic carbocycles. The van der Waals surface area contributed by atoms with Crippen LogP contribution < -0.4 is 15.3 Å². The predicted octanol–water partition coefficient (Wildman–Crippen LogP) is 2.75.